The van der Waals surface area contributed by atoms with Crippen molar-refractivity contribution in [2.75, 3.05) is 6.54 Å². The fourth-order valence-electron chi connectivity index (χ4n) is 1.34. The molecule has 0 aliphatic heterocycles. The van der Waals surface area contributed by atoms with E-state index in [9.17, 15) is 14.0 Å². The van der Waals surface area contributed by atoms with Crippen LogP contribution in [0.3, 0.4) is 0 Å². The van der Waals surface area contributed by atoms with E-state index in [1.807, 2.05) is 0 Å². The van der Waals surface area contributed by atoms with Gasteiger partial charge in [-0.05, 0) is 24.1 Å². The Bertz CT molecular complexity index is 468. The highest BCUT2D eigenvalue weighted by molar-refractivity contribution is 6.30. The van der Waals surface area contributed by atoms with Crippen LogP contribution in [0.25, 0.3) is 0 Å². The minimum atomic E-state index is -0.900. The molecule has 0 heterocycles. The quantitative estimate of drug-likeness (QED) is 0.702. The molecule has 0 aliphatic carbocycles. The third-order valence-electron chi connectivity index (χ3n) is 2.29. The number of hydrogen-bond acceptors (Lipinski definition) is 2. The van der Waals surface area contributed by atoms with Crippen molar-refractivity contribution in [3.8, 4) is 0 Å². The van der Waals surface area contributed by atoms with Crippen LogP contribution in [0, 0.1) is 5.82 Å². The topological polar surface area (TPSA) is 78.4 Å². The van der Waals surface area contributed by atoms with Gasteiger partial charge in [-0.1, -0.05) is 17.7 Å². The number of aliphatic carboxylic acids is 1. The number of nitrogens with one attached hydrogen (secondary N) is 2. The van der Waals surface area contributed by atoms with Crippen molar-refractivity contribution in [2.45, 2.75) is 19.4 Å². The SMILES string of the molecule is O=C(O)CCCNC(=O)NCc1ccc(F)c(Cl)c1. The number of hydrogen-bond donors (Lipinski definition) is 3. The molecule has 0 aromatic heterocycles. The van der Waals surface area contributed by atoms with Gasteiger partial charge in [-0.15, -0.1) is 0 Å². The number of carboxylic acids is 1. The summed E-state index contributed by atoms with van der Waals surface area (Å²) in [6.07, 6.45) is 0.374. The van der Waals surface area contributed by atoms with Crippen molar-refractivity contribution in [1.29, 1.82) is 0 Å². The molecule has 0 atom stereocenters. The second-order valence-corrected chi connectivity index (χ2v) is 4.26. The van der Waals surface area contributed by atoms with Gasteiger partial charge in [0.1, 0.15) is 5.82 Å². The molecule has 0 saturated heterocycles. The van der Waals surface area contributed by atoms with Gasteiger partial charge in [0.25, 0.3) is 0 Å². The zero-order valence-corrected chi connectivity index (χ0v) is 10.8. The maximum atomic E-state index is 12.9. The fraction of sp³-hybridized carbons (Fsp3) is 0.333. The van der Waals surface area contributed by atoms with Gasteiger partial charge in [0.15, 0.2) is 0 Å². The van der Waals surface area contributed by atoms with Gasteiger partial charge < -0.3 is 15.7 Å². The number of carbonyl (C=O) groups excluding carboxylic acids is 1. The zero-order chi connectivity index (χ0) is 14.3. The third-order valence-corrected chi connectivity index (χ3v) is 2.58. The van der Waals surface area contributed by atoms with E-state index in [4.69, 9.17) is 16.7 Å². The monoisotopic (exact) mass is 288 g/mol. The number of urea groups is 1. The number of carbonyl (C=O) groups is 2. The predicted molar refractivity (Wildman–Crippen MR) is 68.5 cm³/mol. The summed E-state index contributed by atoms with van der Waals surface area (Å²) in [5.41, 5.74) is 0.673. The number of carboxylic acid groups (broad SMARTS) is 1. The van der Waals surface area contributed by atoms with Crippen molar-refractivity contribution < 1.29 is 19.1 Å². The van der Waals surface area contributed by atoms with Crippen LogP contribution >= 0.6 is 11.6 Å². The molecule has 0 fully saturated rings. The van der Waals surface area contributed by atoms with E-state index in [1.54, 1.807) is 0 Å². The van der Waals surface area contributed by atoms with Gasteiger partial charge in [-0.3, -0.25) is 4.79 Å². The van der Waals surface area contributed by atoms with Gasteiger partial charge in [-0.25, -0.2) is 9.18 Å². The maximum absolute atomic E-state index is 12.9. The summed E-state index contributed by atoms with van der Waals surface area (Å²) in [7, 11) is 0. The average molecular weight is 289 g/mol. The zero-order valence-electron chi connectivity index (χ0n) is 10.1. The van der Waals surface area contributed by atoms with E-state index in [-0.39, 0.29) is 24.5 Å². The van der Waals surface area contributed by atoms with Gasteiger partial charge in [0, 0.05) is 19.5 Å². The second kappa shape index (κ2) is 7.58. The van der Waals surface area contributed by atoms with Crippen molar-refractivity contribution in [2.24, 2.45) is 0 Å². The largest absolute Gasteiger partial charge is 0.481 e. The van der Waals surface area contributed by atoms with E-state index < -0.39 is 17.8 Å². The Hall–Kier alpha value is -1.82. The van der Waals surface area contributed by atoms with Crippen molar-refractivity contribution in [1.82, 2.24) is 10.6 Å². The summed E-state index contributed by atoms with van der Waals surface area (Å²) in [5.74, 6) is -1.41. The number of rotatable bonds is 6. The molecule has 7 heteroatoms. The van der Waals surface area contributed by atoms with E-state index in [0.29, 0.717) is 12.0 Å². The molecule has 0 spiro atoms. The lowest BCUT2D eigenvalue weighted by molar-refractivity contribution is -0.137. The molecule has 1 aromatic rings. The van der Waals surface area contributed by atoms with Crippen LogP contribution in [0.5, 0.6) is 0 Å². The van der Waals surface area contributed by atoms with E-state index >= 15 is 0 Å². The molecule has 2 amide bonds. The van der Waals surface area contributed by atoms with Crippen molar-refractivity contribution >= 4 is 23.6 Å². The van der Waals surface area contributed by atoms with Crippen molar-refractivity contribution in [3.05, 3.63) is 34.6 Å². The first-order chi connectivity index (χ1) is 8.99. The molecule has 104 valence electrons. The van der Waals surface area contributed by atoms with Crippen LogP contribution in [-0.4, -0.2) is 23.7 Å². The molecule has 0 radical (unpaired) electrons. The standard InChI is InChI=1S/C12H14ClFN2O3/c13-9-6-8(3-4-10(9)14)7-16-12(19)15-5-1-2-11(17)18/h3-4,6H,1-2,5,7H2,(H,17,18)(H2,15,16,19). The molecular weight excluding hydrogens is 275 g/mol. The Morgan fingerprint density at radius 2 is 2.05 bits per heavy atom. The predicted octanol–water partition coefficient (Wildman–Crippen LogP) is 2.14. The smallest absolute Gasteiger partial charge is 0.315 e. The lowest BCUT2D eigenvalue weighted by Gasteiger charge is -2.07. The number of benzene rings is 1. The summed E-state index contributed by atoms with van der Waals surface area (Å²) < 4.78 is 12.9. The number of halogens is 2. The molecule has 1 aromatic carbocycles. The lowest BCUT2D eigenvalue weighted by atomic mass is 10.2. The average Bonchev–Trinajstić information content (AvgIpc) is 2.36. The Morgan fingerprint density at radius 1 is 1.32 bits per heavy atom. The Balaban J connectivity index is 2.26. The van der Waals surface area contributed by atoms with Gasteiger partial charge in [0.2, 0.25) is 0 Å². The molecule has 0 unspecified atom stereocenters. The van der Waals surface area contributed by atoms with E-state index in [1.165, 1.54) is 18.2 Å². The Kier molecular flexibility index (Phi) is 6.08. The molecule has 19 heavy (non-hydrogen) atoms. The summed E-state index contributed by atoms with van der Waals surface area (Å²) in [6, 6.07) is 3.77. The first kappa shape index (κ1) is 15.2. The fourth-order valence-corrected chi connectivity index (χ4v) is 1.54. The minimum absolute atomic E-state index is 0.00108. The summed E-state index contributed by atoms with van der Waals surface area (Å²) in [4.78, 5) is 21.6. The first-order valence-electron chi connectivity index (χ1n) is 5.66. The summed E-state index contributed by atoms with van der Waals surface area (Å²) >= 11 is 5.60. The highest BCUT2D eigenvalue weighted by Crippen LogP contribution is 2.15. The van der Waals surface area contributed by atoms with Crippen LogP contribution in [0.2, 0.25) is 5.02 Å². The van der Waals surface area contributed by atoms with Crippen LogP contribution in [-0.2, 0) is 11.3 Å². The van der Waals surface area contributed by atoms with Crippen LogP contribution in [0.15, 0.2) is 18.2 Å². The molecule has 0 bridgehead atoms. The van der Waals surface area contributed by atoms with Crippen molar-refractivity contribution in [3.63, 3.8) is 0 Å². The van der Waals surface area contributed by atoms with Gasteiger partial charge in [-0.2, -0.15) is 0 Å². The molecular formula is C12H14ClFN2O3. The van der Waals surface area contributed by atoms with Crippen LogP contribution < -0.4 is 10.6 Å². The molecule has 1 rings (SSSR count). The Morgan fingerprint density at radius 3 is 2.68 bits per heavy atom. The normalized spacial score (nSPS) is 10.0. The number of amides is 2. The summed E-state index contributed by atoms with van der Waals surface area (Å²) in [5, 5.41) is 13.5. The van der Waals surface area contributed by atoms with E-state index in [2.05, 4.69) is 10.6 Å². The Labute approximate surface area is 114 Å². The second-order valence-electron chi connectivity index (χ2n) is 3.86. The highest BCUT2D eigenvalue weighted by Gasteiger charge is 2.03. The molecule has 0 saturated carbocycles. The maximum Gasteiger partial charge on any atom is 0.315 e. The van der Waals surface area contributed by atoms with Crippen LogP contribution in [0.4, 0.5) is 9.18 Å². The first-order valence-corrected chi connectivity index (χ1v) is 6.04. The third kappa shape index (κ3) is 6.05. The molecule has 0 aliphatic rings. The van der Waals surface area contributed by atoms with E-state index in [0.717, 1.165) is 0 Å². The highest BCUT2D eigenvalue weighted by atomic mass is 35.5. The van der Waals surface area contributed by atoms with Crippen LogP contribution in [0.1, 0.15) is 18.4 Å². The lowest BCUT2D eigenvalue weighted by Crippen LogP contribution is -2.35. The van der Waals surface area contributed by atoms with Gasteiger partial charge >= 0.3 is 12.0 Å². The van der Waals surface area contributed by atoms with Gasteiger partial charge in [0.05, 0.1) is 5.02 Å². The molecule has 5 nitrogen and oxygen atoms in total. The molecule has 3 N–H and O–H groups in total. The minimum Gasteiger partial charge on any atom is -0.481 e. The summed E-state index contributed by atoms with van der Waals surface area (Å²) in [6.45, 7) is 0.493.